The molecule has 19 heavy (non-hydrogen) atoms. The molecule has 1 nitrogen and oxygen atoms in total. The monoisotopic (exact) mass is 255 g/mol. The first-order valence-corrected chi connectivity index (χ1v) is 8.14. The third-order valence-electron chi connectivity index (χ3n) is 5.65. The van der Waals surface area contributed by atoms with Crippen molar-refractivity contribution < 1.29 is 0 Å². The summed E-state index contributed by atoms with van der Waals surface area (Å²) < 4.78 is 0. The molecule has 1 heteroatoms. The molecule has 0 unspecified atom stereocenters. The first kappa shape index (κ1) is 12.0. The Morgan fingerprint density at radius 2 is 2.05 bits per heavy atom. The van der Waals surface area contributed by atoms with E-state index < -0.39 is 0 Å². The van der Waals surface area contributed by atoms with E-state index in [4.69, 9.17) is 0 Å². The topological polar surface area (TPSA) is 3.24 Å². The van der Waals surface area contributed by atoms with Crippen LogP contribution in [0.1, 0.15) is 67.1 Å². The van der Waals surface area contributed by atoms with Crippen LogP contribution in [0.25, 0.3) is 0 Å². The van der Waals surface area contributed by atoms with Crippen molar-refractivity contribution in [3.63, 3.8) is 0 Å². The van der Waals surface area contributed by atoms with E-state index in [-0.39, 0.29) is 0 Å². The second kappa shape index (κ2) is 4.63. The van der Waals surface area contributed by atoms with Crippen LogP contribution in [-0.2, 0) is 6.42 Å². The maximum absolute atomic E-state index is 2.59. The molecule has 0 radical (unpaired) electrons. The molecule has 102 valence electrons. The van der Waals surface area contributed by atoms with Gasteiger partial charge in [0.1, 0.15) is 0 Å². The summed E-state index contributed by atoms with van der Waals surface area (Å²) >= 11 is 0. The van der Waals surface area contributed by atoms with Crippen LogP contribution in [0.3, 0.4) is 0 Å². The smallest absolute Gasteiger partial charge is 0.00985 e. The quantitative estimate of drug-likeness (QED) is 0.786. The fourth-order valence-corrected chi connectivity index (χ4v) is 4.23. The fraction of sp³-hybridized carbons (Fsp3) is 0.667. The molecule has 1 saturated heterocycles. The SMILES string of the molecule is CN1CCC[C@@H]1C[C@@H]1CCc2ccc(C3CC3)cc21. The van der Waals surface area contributed by atoms with Crippen LogP contribution in [0.4, 0.5) is 0 Å². The molecule has 3 aliphatic rings. The Hall–Kier alpha value is -0.820. The van der Waals surface area contributed by atoms with E-state index in [0.29, 0.717) is 0 Å². The predicted molar refractivity (Wildman–Crippen MR) is 79.7 cm³/mol. The van der Waals surface area contributed by atoms with E-state index in [1.807, 2.05) is 0 Å². The third kappa shape index (κ3) is 2.23. The lowest BCUT2D eigenvalue weighted by atomic mass is 9.91. The molecule has 4 rings (SSSR count). The third-order valence-corrected chi connectivity index (χ3v) is 5.65. The van der Waals surface area contributed by atoms with Gasteiger partial charge in [0.2, 0.25) is 0 Å². The van der Waals surface area contributed by atoms with Gasteiger partial charge in [-0.3, -0.25) is 0 Å². The molecule has 1 aliphatic heterocycles. The van der Waals surface area contributed by atoms with Crippen LogP contribution in [0.5, 0.6) is 0 Å². The Balaban J connectivity index is 1.55. The summed E-state index contributed by atoms with van der Waals surface area (Å²) in [5.41, 5.74) is 4.99. The molecule has 1 heterocycles. The van der Waals surface area contributed by atoms with Crippen LogP contribution >= 0.6 is 0 Å². The maximum atomic E-state index is 2.59. The number of hydrogen-bond acceptors (Lipinski definition) is 1. The van der Waals surface area contributed by atoms with E-state index in [9.17, 15) is 0 Å². The van der Waals surface area contributed by atoms with Crippen molar-refractivity contribution in [2.75, 3.05) is 13.6 Å². The molecule has 2 fully saturated rings. The normalized spacial score (nSPS) is 30.8. The van der Waals surface area contributed by atoms with Crippen molar-refractivity contribution in [1.82, 2.24) is 4.90 Å². The van der Waals surface area contributed by atoms with Gasteiger partial charge in [-0.05, 0) is 87.1 Å². The minimum absolute atomic E-state index is 0.847. The van der Waals surface area contributed by atoms with Crippen LogP contribution in [-0.4, -0.2) is 24.5 Å². The van der Waals surface area contributed by atoms with Gasteiger partial charge in [0, 0.05) is 6.04 Å². The number of rotatable bonds is 3. The number of benzene rings is 1. The summed E-state index contributed by atoms with van der Waals surface area (Å²) in [5, 5.41) is 0. The highest BCUT2D eigenvalue weighted by atomic mass is 15.1. The van der Waals surface area contributed by atoms with E-state index in [1.54, 1.807) is 16.7 Å². The highest BCUT2D eigenvalue weighted by Crippen LogP contribution is 2.44. The molecule has 0 bridgehead atoms. The van der Waals surface area contributed by atoms with Gasteiger partial charge in [0.15, 0.2) is 0 Å². The van der Waals surface area contributed by atoms with Gasteiger partial charge in [-0.2, -0.15) is 0 Å². The van der Waals surface area contributed by atoms with Crippen molar-refractivity contribution in [3.05, 3.63) is 34.9 Å². The van der Waals surface area contributed by atoms with Crippen LogP contribution in [0.15, 0.2) is 18.2 Å². The van der Waals surface area contributed by atoms with Crippen molar-refractivity contribution in [2.24, 2.45) is 0 Å². The van der Waals surface area contributed by atoms with Gasteiger partial charge >= 0.3 is 0 Å². The minimum Gasteiger partial charge on any atom is -0.303 e. The molecule has 0 aromatic heterocycles. The zero-order valence-electron chi connectivity index (χ0n) is 12.1. The molecule has 0 N–H and O–H groups in total. The minimum atomic E-state index is 0.847. The van der Waals surface area contributed by atoms with Gasteiger partial charge in [-0.15, -0.1) is 0 Å². The molecule has 1 saturated carbocycles. The lowest BCUT2D eigenvalue weighted by Gasteiger charge is -2.23. The average Bonchev–Trinajstić information content (AvgIpc) is 3.09. The molecule has 1 aromatic rings. The zero-order chi connectivity index (χ0) is 12.8. The molecule has 2 atom stereocenters. The van der Waals surface area contributed by atoms with Crippen molar-refractivity contribution in [2.45, 2.75) is 62.8 Å². The molecule has 1 aromatic carbocycles. The first-order valence-electron chi connectivity index (χ1n) is 8.14. The Labute approximate surface area is 117 Å². The number of fused-ring (bicyclic) bond motifs is 1. The second-order valence-corrected chi connectivity index (χ2v) is 6.98. The molecule has 2 aliphatic carbocycles. The fourth-order valence-electron chi connectivity index (χ4n) is 4.23. The summed E-state index contributed by atoms with van der Waals surface area (Å²) in [6.45, 7) is 1.31. The Kier molecular flexibility index (Phi) is 2.91. The first-order chi connectivity index (χ1) is 9.31. The van der Waals surface area contributed by atoms with E-state index >= 15 is 0 Å². The van der Waals surface area contributed by atoms with Gasteiger partial charge in [0.05, 0.1) is 0 Å². The Bertz CT molecular complexity index is 475. The molecular weight excluding hydrogens is 230 g/mol. The van der Waals surface area contributed by atoms with Crippen molar-refractivity contribution in [1.29, 1.82) is 0 Å². The van der Waals surface area contributed by atoms with Gasteiger partial charge in [-0.25, -0.2) is 0 Å². The zero-order valence-corrected chi connectivity index (χ0v) is 12.1. The number of aryl methyl sites for hydroxylation is 1. The second-order valence-electron chi connectivity index (χ2n) is 6.98. The Morgan fingerprint density at radius 1 is 1.16 bits per heavy atom. The number of nitrogens with zero attached hydrogens (tertiary/aromatic N) is 1. The predicted octanol–water partition coefficient (Wildman–Crippen LogP) is 4.08. The van der Waals surface area contributed by atoms with Crippen LogP contribution < -0.4 is 0 Å². The van der Waals surface area contributed by atoms with Crippen LogP contribution in [0.2, 0.25) is 0 Å². The highest BCUT2D eigenvalue weighted by Gasteiger charge is 2.31. The van der Waals surface area contributed by atoms with E-state index in [2.05, 4.69) is 30.1 Å². The summed E-state index contributed by atoms with van der Waals surface area (Å²) in [6.07, 6.45) is 9.80. The van der Waals surface area contributed by atoms with Crippen LogP contribution in [0, 0.1) is 0 Å². The summed E-state index contributed by atoms with van der Waals surface area (Å²) in [7, 11) is 2.31. The molecular formula is C18H25N. The lowest BCUT2D eigenvalue weighted by molar-refractivity contribution is 0.281. The largest absolute Gasteiger partial charge is 0.303 e. The van der Waals surface area contributed by atoms with Gasteiger partial charge in [0.25, 0.3) is 0 Å². The van der Waals surface area contributed by atoms with Crippen molar-refractivity contribution >= 4 is 0 Å². The summed E-state index contributed by atoms with van der Waals surface area (Å²) in [4.78, 5) is 2.59. The van der Waals surface area contributed by atoms with Gasteiger partial charge in [-0.1, -0.05) is 18.2 Å². The molecule has 0 spiro atoms. The number of hydrogen-bond donors (Lipinski definition) is 0. The number of likely N-dealkylation sites (tertiary alicyclic amines) is 1. The van der Waals surface area contributed by atoms with E-state index in [0.717, 1.165) is 17.9 Å². The van der Waals surface area contributed by atoms with E-state index in [1.165, 1.54) is 51.5 Å². The maximum Gasteiger partial charge on any atom is 0.00985 e. The van der Waals surface area contributed by atoms with Gasteiger partial charge < -0.3 is 4.90 Å². The summed E-state index contributed by atoms with van der Waals surface area (Å²) in [5.74, 6) is 1.75. The van der Waals surface area contributed by atoms with Crippen molar-refractivity contribution in [3.8, 4) is 0 Å². The summed E-state index contributed by atoms with van der Waals surface area (Å²) in [6, 6.07) is 8.25. The highest BCUT2D eigenvalue weighted by molar-refractivity contribution is 5.40. The average molecular weight is 255 g/mol. The molecule has 0 amide bonds. The lowest BCUT2D eigenvalue weighted by Crippen LogP contribution is -2.26. The standard InChI is InChI=1S/C18H25N/c1-19-10-2-3-17(19)11-16-9-7-14-6-8-15(12-18(14)16)13-4-5-13/h6,8,12-13,16-17H,2-5,7,9-11H2,1H3/t16-,17+/m0/s1. The Morgan fingerprint density at radius 3 is 2.79 bits per heavy atom.